The van der Waals surface area contributed by atoms with Crippen molar-refractivity contribution in [2.75, 3.05) is 19.6 Å². The van der Waals surface area contributed by atoms with Crippen LogP contribution in [-0.2, 0) is 0 Å². The van der Waals surface area contributed by atoms with Gasteiger partial charge in [0.25, 0.3) is 0 Å². The maximum absolute atomic E-state index is 2.42. The average molecular weight is 196 g/mol. The molecule has 0 radical (unpaired) electrons. The molecular weight excluding hydrogens is 170 g/mol. The summed E-state index contributed by atoms with van der Waals surface area (Å²) >= 11 is 0. The Bertz CT molecular complexity index is 164. The first-order chi connectivity index (χ1) is 6.87. The lowest BCUT2D eigenvalue weighted by molar-refractivity contribution is -0.955. The second-order valence-electron chi connectivity index (χ2n) is 5.33. The zero-order valence-electron chi connectivity index (χ0n) is 9.80. The topological polar surface area (TPSA) is 0 Å². The van der Waals surface area contributed by atoms with E-state index in [0.717, 1.165) is 6.04 Å². The van der Waals surface area contributed by atoms with Crippen LogP contribution in [0.15, 0.2) is 0 Å². The molecule has 0 aromatic carbocycles. The number of hydrogen-bond acceptors (Lipinski definition) is 0. The molecule has 2 fully saturated rings. The van der Waals surface area contributed by atoms with Crippen LogP contribution in [-0.4, -0.2) is 30.2 Å². The summed E-state index contributed by atoms with van der Waals surface area (Å²) in [5, 5.41) is 0. The van der Waals surface area contributed by atoms with Crippen molar-refractivity contribution in [2.45, 2.75) is 64.3 Å². The van der Waals surface area contributed by atoms with Crippen molar-refractivity contribution in [1.82, 2.24) is 0 Å². The molecule has 0 bridgehead atoms. The van der Waals surface area contributed by atoms with Gasteiger partial charge in [0.05, 0.1) is 25.7 Å². The molecule has 1 aliphatic heterocycles. The molecule has 0 spiro atoms. The zero-order chi connectivity index (χ0) is 9.86. The highest BCUT2D eigenvalue weighted by molar-refractivity contribution is 4.69. The van der Waals surface area contributed by atoms with Gasteiger partial charge in [0.2, 0.25) is 0 Å². The predicted octanol–water partition coefficient (Wildman–Crippen LogP) is 3.34. The fraction of sp³-hybridized carbons (Fsp3) is 1.00. The summed E-state index contributed by atoms with van der Waals surface area (Å²) in [5.74, 6) is 0. The van der Waals surface area contributed by atoms with Crippen LogP contribution in [0.1, 0.15) is 58.3 Å². The Labute approximate surface area is 89.1 Å². The normalized spacial score (nSPS) is 28.9. The monoisotopic (exact) mass is 196 g/mol. The Morgan fingerprint density at radius 1 is 0.857 bits per heavy atom. The number of hydrogen-bond donors (Lipinski definition) is 0. The third-order valence-corrected chi connectivity index (χ3v) is 4.69. The van der Waals surface area contributed by atoms with Crippen LogP contribution in [0.3, 0.4) is 0 Å². The molecule has 1 saturated carbocycles. The van der Waals surface area contributed by atoms with E-state index >= 15 is 0 Å². The maximum Gasteiger partial charge on any atom is 0.0890 e. The fourth-order valence-corrected chi connectivity index (χ4v) is 3.71. The molecule has 1 heterocycles. The number of nitrogens with zero attached hydrogens (tertiary/aromatic N) is 1. The van der Waals surface area contributed by atoms with Gasteiger partial charge in [-0.3, -0.25) is 0 Å². The first kappa shape index (κ1) is 10.5. The van der Waals surface area contributed by atoms with E-state index in [2.05, 4.69) is 6.92 Å². The lowest BCUT2D eigenvalue weighted by Gasteiger charge is -2.48. The third-order valence-electron chi connectivity index (χ3n) is 4.69. The molecule has 82 valence electrons. The van der Waals surface area contributed by atoms with Gasteiger partial charge in [-0.25, -0.2) is 0 Å². The quantitative estimate of drug-likeness (QED) is 0.594. The lowest BCUT2D eigenvalue weighted by atomic mass is 9.90. The summed E-state index contributed by atoms with van der Waals surface area (Å²) in [4.78, 5) is 0. The largest absolute Gasteiger partial charge is 0.321 e. The van der Waals surface area contributed by atoms with E-state index in [0.29, 0.717) is 0 Å². The Kier molecular flexibility index (Phi) is 3.48. The molecule has 1 aliphatic carbocycles. The number of quaternary nitrogens is 1. The molecular formula is C13H26N+. The van der Waals surface area contributed by atoms with Crippen molar-refractivity contribution in [2.24, 2.45) is 0 Å². The van der Waals surface area contributed by atoms with Crippen molar-refractivity contribution < 1.29 is 4.48 Å². The summed E-state index contributed by atoms with van der Waals surface area (Å²) in [6.07, 6.45) is 12.0. The molecule has 0 amide bonds. The van der Waals surface area contributed by atoms with E-state index in [4.69, 9.17) is 0 Å². The summed E-state index contributed by atoms with van der Waals surface area (Å²) in [6.45, 7) is 6.78. The average Bonchev–Trinajstić information content (AvgIpc) is 2.31. The van der Waals surface area contributed by atoms with Crippen molar-refractivity contribution in [1.29, 1.82) is 0 Å². The van der Waals surface area contributed by atoms with E-state index < -0.39 is 0 Å². The van der Waals surface area contributed by atoms with Crippen LogP contribution in [0.2, 0.25) is 0 Å². The van der Waals surface area contributed by atoms with Gasteiger partial charge in [0.1, 0.15) is 0 Å². The minimum absolute atomic E-state index is 1.04. The SMILES string of the molecule is CC[N+]1(C2CCCCC2)CCCCC1. The van der Waals surface area contributed by atoms with Gasteiger partial charge in [0.15, 0.2) is 0 Å². The molecule has 0 aromatic rings. The minimum Gasteiger partial charge on any atom is -0.321 e. The summed E-state index contributed by atoms with van der Waals surface area (Å²) in [5.41, 5.74) is 0. The molecule has 0 atom stereocenters. The summed E-state index contributed by atoms with van der Waals surface area (Å²) in [6, 6.07) is 1.04. The van der Waals surface area contributed by atoms with Gasteiger partial charge in [0, 0.05) is 0 Å². The smallest absolute Gasteiger partial charge is 0.0890 e. The highest BCUT2D eigenvalue weighted by Crippen LogP contribution is 2.31. The van der Waals surface area contributed by atoms with Crippen molar-refractivity contribution in [3.8, 4) is 0 Å². The fourth-order valence-electron chi connectivity index (χ4n) is 3.71. The third kappa shape index (κ3) is 1.98. The van der Waals surface area contributed by atoms with Crippen LogP contribution >= 0.6 is 0 Å². The Morgan fingerprint density at radius 3 is 2.00 bits per heavy atom. The Morgan fingerprint density at radius 2 is 1.43 bits per heavy atom. The second kappa shape index (κ2) is 4.65. The number of likely N-dealkylation sites (tertiary alicyclic amines) is 1. The van der Waals surface area contributed by atoms with Gasteiger partial charge in [-0.1, -0.05) is 6.42 Å². The standard InChI is InChI=1S/C13H26N/c1-2-14(11-7-4-8-12-14)13-9-5-3-6-10-13/h13H,2-12H2,1H3/q+1. The highest BCUT2D eigenvalue weighted by Gasteiger charge is 2.36. The summed E-state index contributed by atoms with van der Waals surface area (Å²) in [7, 11) is 0. The highest BCUT2D eigenvalue weighted by atomic mass is 15.4. The van der Waals surface area contributed by atoms with E-state index in [1.165, 1.54) is 75.5 Å². The number of rotatable bonds is 2. The van der Waals surface area contributed by atoms with Crippen molar-refractivity contribution in [3.63, 3.8) is 0 Å². The molecule has 14 heavy (non-hydrogen) atoms. The summed E-state index contributed by atoms with van der Waals surface area (Å²) < 4.78 is 1.49. The molecule has 0 unspecified atom stereocenters. The van der Waals surface area contributed by atoms with Gasteiger partial charge >= 0.3 is 0 Å². The van der Waals surface area contributed by atoms with Crippen molar-refractivity contribution in [3.05, 3.63) is 0 Å². The Hall–Kier alpha value is -0.0400. The molecule has 2 rings (SSSR count). The molecule has 2 aliphatic rings. The molecule has 0 aromatic heterocycles. The predicted molar refractivity (Wildman–Crippen MR) is 61.3 cm³/mol. The van der Waals surface area contributed by atoms with Gasteiger partial charge in [-0.15, -0.1) is 0 Å². The molecule has 1 heteroatoms. The van der Waals surface area contributed by atoms with E-state index in [1.807, 2.05) is 0 Å². The minimum atomic E-state index is 1.04. The molecule has 1 saturated heterocycles. The lowest BCUT2D eigenvalue weighted by Crippen LogP contribution is -2.58. The van der Waals surface area contributed by atoms with E-state index in [-0.39, 0.29) is 0 Å². The first-order valence-corrected chi connectivity index (χ1v) is 6.73. The van der Waals surface area contributed by atoms with Crippen molar-refractivity contribution >= 4 is 0 Å². The van der Waals surface area contributed by atoms with Crippen LogP contribution in [0.25, 0.3) is 0 Å². The van der Waals surface area contributed by atoms with Gasteiger partial charge in [-0.05, 0) is 51.9 Å². The maximum atomic E-state index is 2.42. The van der Waals surface area contributed by atoms with Gasteiger partial charge in [-0.2, -0.15) is 0 Å². The first-order valence-electron chi connectivity index (χ1n) is 6.73. The number of piperidine rings is 1. The zero-order valence-corrected chi connectivity index (χ0v) is 9.80. The molecule has 0 N–H and O–H groups in total. The Balaban J connectivity index is 2.01. The van der Waals surface area contributed by atoms with Gasteiger partial charge < -0.3 is 4.48 Å². The van der Waals surface area contributed by atoms with E-state index in [1.54, 1.807) is 0 Å². The van der Waals surface area contributed by atoms with Crippen LogP contribution in [0.5, 0.6) is 0 Å². The van der Waals surface area contributed by atoms with E-state index in [9.17, 15) is 0 Å². The molecule has 1 nitrogen and oxygen atoms in total. The van der Waals surface area contributed by atoms with Crippen LogP contribution in [0, 0.1) is 0 Å². The van der Waals surface area contributed by atoms with Crippen LogP contribution < -0.4 is 0 Å². The second-order valence-corrected chi connectivity index (χ2v) is 5.33. The van der Waals surface area contributed by atoms with Crippen LogP contribution in [0.4, 0.5) is 0 Å².